The Kier molecular flexibility index (Phi) is 4.01. The number of aromatic nitrogens is 1. The zero-order valence-electron chi connectivity index (χ0n) is 8.90. The van der Waals surface area contributed by atoms with Crippen LogP contribution in [0.15, 0.2) is 24.4 Å². The quantitative estimate of drug-likeness (QED) is 0.780. The number of anilines is 1. The van der Waals surface area contributed by atoms with E-state index in [1.165, 1.54) is 32.2 Å². The second kappa shape index (κ2) is 5.50. The third-order valence-corrected chi connectivity index (χ3v) is 3.55. The van der Waals surface area contributed by atoms with Gasteiger partial charge in [0.25, 0.3) is 0 Å². The summed E-state index contributed by atoms with van der Waals surface area (Å²) in [5.41, 5.74) is 0. The maximum Gasteiger partial charge on any atom is 0.128 e. The van der Waals surface area contributed by atoms with Gasteiger partial charge in [-0.2, -0.15) is 0 Å². The van der Waals surface area contributed by atoms with Crippen molar-refractivity contribution in [2.24, 2.45) is 0 Å². The molecule has 82 valence electrons. The van der Waals surface area contributed by atoms with Crippen LogP contribution in [0.25, 0.3) is 0 Å². The molecule has 0 N–H and O–H groups in total. The van der Waals surface area contributed by atoms with Gasteiger partial charge in [0.05, 0.1) is 0 Å². The molecule has 2 heterocycles. The lowest BCUT2D eigenvalue weighted by Crippen LogP contribution is -2.29. The zero-order valence-corrected chi connectivity index (χ0v) is 10.5. The minimum absolute atomic E-state index is 0.706. The first-order valence-electron chi connectivity index (χ1n) is 5.65. The molecule has 1 unspecified atom stereocenters. The van der Waals surface area contributed by atoms with Crippen molar-refractivity contribution in [3.05, 3.63) is 24.4 Å². The highest BCUT2D eigenvalue weighted by Gasteiger charge is 2.24. The van der Waals surface area contributed by atoms with Gasteiger partial charge >= 0.3 is 0 Å². The highest BCUT2D eigenvalue weighted by molar-refractivity contribution is 9.09. The molecule has 2 nitrogen and oxygen atoms in total. The maximum atomic E-state index is 4.43. The molecule has 0 aliphatic carbocycles. The molecule has 3 heteroatoms. The molecule has 0 spiro atoms. The van der Waals surface area contributed by atoms with Crippen LogP contribution in [-0.4, -0.2) is 22.9 Å². The number of hydrogen-bond acceptors (Lipinski definition) is 2. The molecule has 1 fully saturated rings. The largest absolute Gasteiger partial charge is 0.354 e. The molecular weight excluding hydrogens is 252 g/mol. The van der Waals surface area contributed by atoms with Crippen LogP contribution < -0.4 is 4.90 Å². The summed E-state index contributed by atoms with van der Waals surface area (Å²) in [7, 11) is 0. The number of alkyl halides is 1. The SMILES string of the molecule is BrCCCC1CCCN1c1ccccn1. The van der Waals surface area contributed by atoms with E-state index in [4.69, 9.17) is 0 Å². The highest BCUT2D eigenvalue weighted by atomic mass is 79.9. The summed E-state index contributed by atoms with van der Waals surface area (Å²) in [4.78, 5) is 6.89. The Labute approximate surface area is 99.8 Å². The summed E-state index contributed by atoms with van der Waals surface area (Å²) in [6.07, 6.45) is 7.05. The van der Waals surface area contributed by atoms with E-state index in [1.807, 2.05) is 12.3 Å². The van der Waals surface area contributed by atoms with Crippen LogP contribution in [0.2, 0.25) is 0 Å². The van der Waals surface area contributed by atoms with Crippen LogP contribution in [0, 0.1) is 0 Å². The molecule has 1 atom stereocenters. The molecule has 15 heavy (non-hydrogen) atoms. The van der Waals surface area contributed by atoms with Crippen LogP contribution in [0.5, 0.6) is 0 Å². The lowest BCUT2D eigenvalue weighted by Gasteiger charge is -2.25. The lowest BCUT2D eigenvalue weighted by molar-refractivity contribution is 0.600. The van der Waals surface area contributed by atoms with Crippen LogP contribution >= 0.6 is 15.9 Å². The predicted octanol–water partition coefficient (Wildman–Crippen LogP) is 3.23. The summed E-state index contributed by atoms with van der Waals surface area (Å²) in [6.45, 7) is 1.17. The van der Waals surface area contributed by atoms with Crippen molar-refractivity contribution >= 4 is 21.7 Å². The van der Waals surface area contributed by atoms with Gasteiger partial charge in [-0.1, -0.05) is 22.0 Å². The standard InChI is InChI=1S/C12H17BrN2/c13-8-3-5-11-6-4-10-15(11)12-7-1-2-9-14-12/h1-2,7,9,11H,3-6,8,10H2. The fourth-order valence-electron chi connectivity index (χ4n) is 2.27. The van der Waals surface area contributed by atoms with Gasteiger partial charge in [0.2, 0.25) is 0 Å². The lowest BCUT2D eigenvalue weighted by atomic mass is 10.1. The first-order chi connectivity index (χ1) is 7.42. The van der Waals surface area contributed by atoms with E-state index in [-0.39, 0.29) is 0 Å². The summed E-state index contributed by atoms with van der Waals surface area (Å²) in [5, 5.41) is 1.11. The van der Waals surface area contributed by atoms with Gasteiger partial charge < -0.3 is 4.90 Å². The van der Waals surface area contributed by atoms with Crippen LogP contribution in [0.4, 0.5) is 5.82 Å². The summed E-state index contributed by atoms with van der Waals surface area (Å²) in [5.74, 6) is 1.15. The molecule has 1 aliphatic rings. The monoisotopic (exact) mass is 268 g/mol. The van der Waals surface area contributed by atoms with E-state index in [1.54, 1.807) is 0 Å². The van der Waals surface area contributed by atoms with E-state index in [2.05, 4.69) is 37.9 Å². The Hall–Kier alpha value is -0.570. The topological polar surface area (TPSA) is 16.1 Å². The van der Waals surface area contributed by atoms with Crippen molar-refractivity contribution in [3.8, 4) is 0 Å². The number of nitrogens with zero attached hydrogens (tertiary/aromatic N) is 2. The molecule has 0 amide bonds. The Morgan fingerprint density at radius 3 is 3.13 bits per heavy atom. The Morgan fingerprint density at radius 2 is 2.40 bits per heavy atom. The Bertz CT molecular complexity index is 289. The van der Waals surface area contributed by atoms with E-state index in [0.29, 0.717) is 6.04 Å². The second-order valence-corrected chi connectivity index (χ2v) is 4.80. The average Bonchev–Trinajstić information content (AvgIpc) is 2.75. The van der Waals surface area contributed by atoms with Gasteiger partial charge in [-0.3, -0.25) is 0 Å². The molecule has 0 saturated carbocycles. The molecule has 1 aliphatic heterocycles. The van der Waals surface area contributed by atoms with Gasteiger partial charge in [-0.15, -0.1) is 0 Å². The summed E-state index contributed by atoms with van der Waals surface area (Å²) < 4.78 is 0. The predicted molar refractivity (Wildman–Crippen MR) is 67.6 cm³/mol. The smallest absolute Gasteiger partial charge is 0.128 e. The fourth-order valence-corrected chi connectivity index (χ4v) is 2.60. The highest BCUT2D eigenvalue weighted by Crippen LogP contribution is 2.26. The van der Waals surface area contributed by atoms with E-state index < -0.39 is 0 Å². The Balaban J connectivity index is 2.01. The van der Waals surface area contributed by atoms with Crippen molar-refractivity contribution in [2.75, 3.05) is 16.8 Å². The average molecular weight is 269 g/mol. The third kappa shape index (κ3) is 2.71. The third-order valence-electron chi connectivity index (χ3n) is 2.99. The van der Waals surface area contributed by atoms with Crippen LogP contribution in [0.1, 0.15) is 25.7 Å². The maximum absolute atomic E-state index is 4.43. The molecule has 0 aromatic carbocycles. The van der Waals surface area contributed by atoms with Gasteiger partial charge in [-0.25, -0.2) is 4.98 Å². The van der Waals surface area contributed by atoms with E-state index in [0.717, 1.165) is 11.1 Å². The number of pyridine rings is 1. The summed E-state index contributed by atoms with van der Waals surface area (Å²) >= 11 is 3.50. The molecule has 1 aromatic heterocycles. The van der Waals surface area contributed by atoms with Crippen molar-refractivity contribution in [2.45, 2.75) is 31.7 Å². The fraction of sp³-hybridized carbons (Fsp3) is 0.583. The minimum atomic E-state index is 0.706. The van der Waals surface area contributed by atoms with Gasteiger partial charge in [0.1, 0.15) is 5.82 Å². The number of hydrogen-bond donors (Lipinski definition) is 0. The van der Waals surface area contributed by atoms with Crippen molar-refractivity contribution in [1.82, 2.24) is 4.98 Å². The van der Waals surface area contributed by atoms with Gasteiger partial charge in [0, 0.05) is 24.1 Å². The number of rotatable bonds is 4. The molecule has 2 rings (SSSR count). The van der Waals surface area contributed by atoms with E-state index >= 15 is 0 Å². The van der Waals surface area contributed by atoms with Crippen LogP contribution in [0.3, 0.4) is 0 Å². The zero-order chi connectivity index (χ0) is 10.5. The van der Waals surface area contributed by atoms with Gasteiger partial charge in [-0.05, 0) is 37.8 Å². The molecule has 1 aromatic rings. The Morgan fingerprint density at radius 1 is 1.47 bits per heavy atom. The first-order valence-corrected chi connectivity index (χ1v) is 6.77. The molecule has 1 saturated heterocycles. The molecule has 0 bridgehead atoms. The molecule has 0 radical (unpaired) electrons. The van der Waals surface area contributed by atoms with Crippen molar-refractivity contribution < 1.29 is 0 Å². The van der Waals surface area contributed by atoms with Crippen LogP contribution in [-0.2, 0) is 0 Å². The van der Waals surface area contributed by atoms with Crippen molar-refractivity contribution in [3.63, 3.8) is 0 Å². The van der Waals surface area contributed by atoms with Crippen molar-refractivity contribution in [1.29, 1.82) is 0 Å². The van der Waals surface area contributed by atoms with Gasteiger partial charge in [0.15, 0.2) is 0 Å². The molecular formula is C12H17BrN2. The van der Waals surface area contributed by atoms with E-state index in [9.17, 15) is 0 Å². The minimum Gasteiger partial charge on any atom is -0.354 e. The first kappa shape index (κ1) is 10.9. The second-order valence-electron chi connectivity index (χ2n) is 4.01. The normalized spacial score (nSPS) is 20.9. The summed E-state index contributed by atoms with van der Waals surface area (Å²) in [6, 6.07) is 6.87. The number of halogens is 1.